The highest BCUT2D eigenvalue weighted by atomic mass is 79.9. The van der Waals surface area contributed by atoms with Crippen LogP contribution in [0.5, 0.6) is 0 Å². The van der Waals surface area contributed by atoms with Gasteiger partial charge in [0.05, 0.1) is 10.3 Å². The first-order valence-corrected chi connectivity index (χ1v) is 8.02. The van der Waals surface area contributed by atoms with Crippen LogP contribution in [0.25, 0.3) is 0 Å². The van der Waals surface area contributed by atoms with E-state index in [1.807, 2.05) is 0 Å². The molecular formula is C15H18BrN3S. The summed E-state index contributed by atoms with van der Waals surface area (Å²) in [5.74, 6) is 0.816. The van der Waals surface area contributed by atoms with Gasteiger partial charge in [0.1, 0.15) is 0 Å². The zero-order valence-electron chi connectivity index (χ0n) is 11.6. The Morgan fingerprint density at radius 1 is 1.20 bits per heavy atom. The molecule has 1 aromatic carbocycles. The first-order valence-electron chi connectivity index (χ1n) is 6.41. The highest BCUT2D eigenvalue weighted by molar-refractivity contribution is 9.11. The Hall–Kier alpha value is -1.33. The number of nitrogens with one attached hydrogen (secondary N) is 2. The van der Waals surface area contributed by atoms with Crippen molar-refractivity contribution in [3.05, 3.63) is 56.2 Å². The highest BCUT2D eigenvalue weighted by Crippen LogP contribution is 2.21. The molecule has 0 fully saturated rings. The fourth-order valence-electron chi connectivity index (χ4n) is 1.85. The van der Waals surface area contributed by atoms with Gasteiger partial charge in [0, 0.05) is 18.5 Å². The summed E-state index contributed by atoms with van der Waals surface area (Å²) in [4.78, 5) is 5.51. The molecule has 106 valence electrons. The van der Waals surface area contributed by atoms with Gasteiger partial charge in [0.25, 0.3) is 0 Å². The van der Waals surface area contributed by atoms with Gasteiger partial charge in [-0.2, -0.15) is 0 Å². The number of hydrogen-bond donors (Lipinski definition) is 2. The van der Waals surface area contributed by atoms with E-state index in [9.17, 15) is 0 Å². The van der Waals surface area contributed by atoms with E-state index in [1.54, 1.807) is 18.4 Å². The summed E-state index contributed by atoms with van der Waals surface area (Å²) in [5, 5.41) is 6.63. The van der Waals surface area contributed by atoms with Crippen LogP contribution in [0, 0.1) is 6.92 Å². The molecule has 1 aromatic heterocycles. The summed E-state index contributed by atoms with van der Waals surface area (Å²) in [6.45, 7) is 3.66. The lowest BCUT2D eigenvalue weighted by atomic mass is 10.1. The summed E-state index contributed by atoms with van der Waals surface area (Å²) in [6, 6.07) is 12.6. The second kappa shape index (κ2) is 7.45. The molecule has 1 heterocycles. The molecule has 0 saturated heterocycles. The first-order chi connectivity index (χ1) is 9.67. The lowest BCUT2D eigenvalue weighted by Crippen LogP contribution is -2.36. The second-order valence-corrected chi connectivity index (χ2v) is 7.02. The minimum absolute atomic E-state index is 0.773. The number of aliphatic imine (C=N–C) groups is 1. The highest BCUT2D eigenvalue weighted by Gasteiger charge is 2.01. The summed E-state index contributed by atoms with van der Waals surface area (Å²) in [7, 11) is 1.79. The minimum Gasteiger partial charge on any atom is -0.352 e. The summed E-state index contributed by atoms with van der Waals surface area (Å²) < 4.78 is 1.15. The van der Waals surface area contributed by atoms with Crippen molar-refractivity contribution in [2.24, 2.45) is 4.99 Å². The average molecular weight is 352 g/mol. The number of guanidine groups is 1. The predicted molar refractivity (Wildman–Crippen MR) is 90.2 cm³/mol. The molecule has 0 bridgehead atoms. The molecule has 0 atom stereocenters. The quantitative estimate of drug-likeness (QED) is 0.651. The molecule has 3 nitrogen and oxygen atoms in total. The van der Waals surface area contributed by atoms with Gasteiger partial charge in [-0.25, -0.2) is 0 Å². The molecule has 20 heavy (non-hydrogen) atoms. The van der Waals surface area contributed by atoms with Crippen LogP contribution < -0.4 is 10.6 Å². The van der Waals surface area contributed by atoms with E-state index in [4.69, 9.17) is 0 Å². The molecule has 0 aliphatic carbocycles. The molecule has 0 unspecified atom stereocenters. The van der Waals surface area contributed by atoms with Gasteiger partial charge >= 0.3 is 0 Å². The number of halogens is 1. The monoisotopic (exact) mass is 351 g/mol. The van der Waals surface area contributed by atoms with Crippen molar-refractivity contribution in [3.63, 3.8) is 0 Å². The summed E-state index contributed by atoms with van der Waals surface area (Å²) >= 11 is 5.20. The van der Waals surface area contributed by atoms with Gasteiger partial charge in [0.2, 0.25) is 0 Å². The number of aryl methyl sites for hydroxylation is 1. The van der Waals surface area contributed by atoms with Crippen LogP contribution in [-0.4, -0.2) is 13.0 Å². The molecule has 2 rings (SSSR count). The fraction of sp³-hybridized carbons (Fsp3) is 0.267. The van der Waals surface area contributed by atoms with Crippen LogP contribution in [0.1, 0.15) is 16.0 Å². The van der Waals surface area contributed by atoms with Gasteiger partial charge in [-0.05, 0) is 40.5 Å². The van der Waals surface area contributed by atoms with Crippen molar-refractivity contribution < 1.29 is 0 Å². The lowest BCUT2D eigenvalue weighted by Gasteiger charge is -2.11. The van der Waals surface area contributed by atoms with Gasteiger partial charge in [-0.1, -0.05) is 29.8 Å². The topological polar surface area (TPSA) is 36.4 Å². The SMILES string of the molecule is CN=C(NCc1cccc(C)c1)NCc1ccc(Br)s1. The van der Waals surface area contributed by atoms with Gasteiger partial charge < -0.3 is 10.6 Å². The van der Waals surface area contributed by atoms with Crippen molar-refractivity contribution in [1.29, 1.82) is 0 Å². The van der Waals surface area contributed by atoms with Crippen LogP contribution in [0.3, 0.4) is 0 Å². The standard InChI is InChI=1S/C15H18BrN3S/c1-11-4-3-5-12(8-11)9-18-15(17-2)19-10-13-6-7-14(16)20-13/h3-8H,9-10H2,1-2H3,(H2,17,18,19). The van der Waals surface area contributed by atoms with Gasteiger partial charge in [-0.3, -0.25) is 4.99 Å². The molecule has 0 aliphatic rings. The van der Waals surface area contributed by atoms with E-state index in [1.165, 1.54) is 16.0 Å². The number of hydrogen-bond acceptors (Lipinski definition) is 2. The van der Waals surface area contributed by atoms with E-state index in [0.29, 0.717) is 0 Å². The first kappa shape index (κ1) is 15.1. The molecule has 5 heteroatoms. The summed E-state index contributed by atoms with van der Waals surface area (Å²) in [5.41, 5.74) is 2.53. The number of thiophene rings is 1. The Bertz CT molecular complexity index is 592. The third-order valence-electron chi connectivity index (χ3n) is 2.82. The maximum atomic E-state index is 4.23. The molecule has 2 aromatic rings. The number of nitrogens with zero attached hydrogens (tertiary/aromatic N) is 1. The van der Waals surface area contributed by atoms with E-state index in [-0.39, 0.29) is 0 Å². The lowest BCUT2D eigenvalue weighted by molar-refractivity contribution is 0.815. The van der Waals surface area contributed by atoms with E-state index < -0.39 is 0 Å². The Morgan fingerprint density at radius 3 is 2.65 bits per heavy atom. The largest absolute Gasteiger partial charge is 0.352 e. The Morgan fingerprint density at radius 2 is 2.00 bits per heavy atom. The molecule has 0 radical (unpaired) electrons. The van der Waals surface area contributed by atoms with Crippen molar-refractivity contribution in [2.75, 3.05) is 7.05 Å². The van der Waals surface area contributed by atoms with E-state index in [2.05, 4.69) is 74.9 Å². The van der Waals surface area contributed by atoms with Crippen LogP contribution in [0.15, 0.2) is 45.2 Å². The van der Waals surface area contributed by atoms with E-state index >= 15 is 0 Å². The Balaban J connectivity index is 1.84. The number of rotatable bonds is 4. The smallest absolute Gasteiger partial charge is 0.191 e. The normalized spacial score (nSPS) is 11.4. The van der Waals surface area contributed by atoms with Crippen LogP contribution in [0.2, 0.25) is 0 Å². The molecule has 0 amide bonds. The maximum Gasteiger partial charge on any atom is 0.191 e. The van der Waals surface area contributed by atoms with Crippen molar-refractivity contribution in [3.8, 4) is 0 Å². The minimum atomic E-state index is 0.773. The zero-order valence-corrected chi connectivity index (χ0v) is 14.0. The van der Waals surface area contributed by atoms with Crippen LogP contribution in [0.4, 0.5) is 0 Å². The van der Waals surface area contributed by atoms with Crippen LogP contribution in [-0.2, 0) is 13.1 Å². The van der Waals surface area contributed by atoms with Crippen molar-refractivity contribution >= 4 is 33.2 Å². The zero-order chi connectivity index (χ0) is 14.4. The van der Waals surface area contributed by atoms with Gasteiger partial charge in [0.15, 0.2) is 5.96 Å². The third-order valence-corrected chi connectivity index (χ3v) is 4.45. The van der Waals surface area contributed by atoms with Crippen LogP contribution >= 0.6 is 27.3 Å². The average Bonchev–Trinajstić information content (AvgIpc) is 2.85. The molecular weight excluding hydrogens is 334 g/mol. The van der Waals surface area contributed by atoms with Crippen molar-refractivity contribution in [1.82, 2.24) is 10.6 Å². The second-order valence-electron chi connectivity index (χ2n) is 4.47. The molecule has 0 aliphatic heterocycles. The van der Waals surface area contributed by atoms with Crippen molar-refractivity contribution in [2.45, 2.75) is 20.0 Å². The Labute approximate surface area is 132 Å². The molecule has 2 N–H and O–H groups in total. The predicted octanol–water partition coefficient (Wildman–Crippen LogP) is 3.68. The number of benzene rings is 1. The third kappa shape index (κ3) is 4.65. The molecule has 0 saturated carbocycles. The summed E-state index contributed by atoms with van der Waals surface area (Å²) in [6.07, 6.45) is 0. The molecule has 0 spiro atoms. The van der Waals surface area contributed by atoms with E-state index in [0.717, 1.165) is 22.8 Å². The van der Waals surface area contributed by atoms with Gasteiger partial charge in [-0.15, -0.1) is 11.3 Å². The fourth-order valence-corrected chi connectivity index (χ4v) is 3.27. The Kier molecular flexibility index (Phi) is 5.61. The maximum absolute atomic E-state index is 4.23.